The number of aromatic nitrogens is 2. The summed E-state index contributed by atoms with van der Waals surface area (Å²) in [5.74, 6) is 2.01. The standard InChI is InChI=1S/C11H18N2OS/c1-10-12-4-5-13(10)8-11(9-15)2-6-14-7-3-11/h4-5,15H,2-3,6-9H2,1H3. The van der Waals surface area contributed by atoms with Gasteiger partial charge in [-0.2, -0.15) is 12.6 Å². The first-order valence-electron chi connectivity index (χ1n) is 5.42. The van der Waals surface area contributed by atoms with Gasteiger partial charge in [-0.15, -0.1) is 0 Å². The SMILES string of the molecule is Cc1nccn1CC1(CS)CCOCC1. The zero-order valence-corrected chi connectivity index (χ0v) is 10.0. The molecule has 0 saturated carbocycles. The number of aryl methyl sites for hydroxylation is 1. The summed E-state index contributed by atoms with van der Waals surface area (Å²) < 4.78 is 7.64. The molecular weight excluding hydrogens is 208 g/mol. The number of ether oxygens (including phenoxy) is 1. The molecule has 0 spiro atoms. The van der Waals surface area contributed by atoms with E-state index in [1.165, 1.54) is 0 Å². The van der Waals surface area contributed by atoms with Crippen LogP contribution < -0.4 is 0 Å². The average Bonchev–Trinajstić information content (AvgIpc) is 2.66. The number of imidazole rings is 1. The van der Waals surface area contributed by atoms with E-state index < -0.39 is 0 Å². The van der Waals surface area contributed by atoms with Gasteiger partial charge in [-0.05, 0) is 25.5 Å². The van der Waals surface area contributed by atoms with Gasteiger partial charge in [0.15, 0.2) is 0 Å². The Bertz CT molecular complexity index is 318. The van der Waals surface area contributed by atoms with Crippen molar-refractivity contribution in [2.24, 2.45) is 5.41 Å². The molecule has 0 atom stereocenters. The third-order valence-electron chi connectivity index (χ3n) is 3.32. The normalized spacial score (nSPS) is 20.4. The van der Waals surface area contributed by atoms with Gasteiger partial charge in [-0.25, -0.2) is 4.98 Å². The Hall–Kier alpha value is -0.480. The molecule has 1 aliphatic rings. The van der Waals surface area contributed by atoms with E-state index in [1.807, 2.05) is 13.1 Å². The maximum absolute atomic E-state index is 5.42. The van der Waals surface area contributed by atoms with Crippen molar-refractivity contribution < 1.29 is 4.74 Å². The zero-order chi connectivity index (χ0) is 10.7. The van der Waals surface area contributed by atoms with Gasteiger partial charge in [0.25, 0.3) is 0 Å². The number of nitrogens with zero attached hydrogens (tertiary/aromatic N) is 2. The van der Waals surface area contributed by atoms with Crippen LogP contribution in [0.1, 0.15) is 18.7 Å². The highest BCUT2D eigenvalue weighted by Gasteiger charge is 2.31. The highest BCUT2D eigenvalue weighted by molar-refractivity contribution is 7.80. The van der Waals surface area contributed by atoms with Crippen LogP contribution in [0, 0.1) is 12.3 Å². The fourth-order valence-electron chi connectivity index (χ4n) is 2.10. The Kier molecular flexibility index (Phi) is 3.36. The molecule has 2 rings (SSSR count). The Morgan fingerprint density at radius 3 is 2.80 bits per heavy atom. The van der Waals surface area contributed by atoms with Gasteiger partial charge >= 0.3 is 0 Å². The summed E-state index contributed by atoms with van der Waals surface area (Å²) in [6.07, 6.45) is 6.12. The van der Waals surface area contributed by atoms with Crippen LogP contribution in [0.25, 0.3) is 0 Å². The second-order valence-corrected chi connectivity index (χ2v) is 4.69. The number of hydrogen-bond acceptors (Lipinski definition) is 3. The van der Waals surface area contributed by atoms with Crippen molar-refractivity contribution in [2.75, 3.05) is 19.0 Å². The van der Waals surface area contributed by atoms with Crippen LogP contribution in [0.5, 0.6) is 0 Å². The Labute approximate surface area is 96.3 Å². The van der Waals surface area contributed by atoms with E-state index in [-0.39, 0.29) is 0 Å². The second-order valence-electron chi connectivity index (χ2n) is 4.37. The summed E-state index contributed by atoms with van der Waals surface area (Å²) in [6, 6.07) is 0. The maximum Gasteiger partial charge on any atom is 0.105 e. The van der Waals surface area contributed by atoms with Gasteiger partial charge in [-0.1, -0.05) is 0 Å². The van der Waals surface area contributed by atoms with Crippen molar-refractivity contribution in [2.45, 2.75) is 26.3 Å². The summed E-state index contributed by atoms with van der Waals surface area (Å²) in [5, 5.41) is 0. The summed E-state index contributed by atoms with van der Waals surface area (Å²) in [4.78, 5) is 4.25. The van der Waals surface area contributed by atoms with Gasteiger partial charge in [0.2, 0.25) is 0 Å². The lowest BCUT2D eigenvalue weighted by atomic mass is 9.82. The Morgan fingerprint density at radius 2 is 2.27 bits per heavy atom. The summed E-state index contributed by atoms with van der Waals surface area (Å²) in [5.41, 5.74) is 0.298. The lowest BCUT2D eigenvalue weighted by Gasteiger charge is -2.36. The minimum absolute atomic E-state index is 0.298. The number of hydrogen-bond donors (Lipinski definition) is 1. The molecule has 84 valence electrons. The quantitative estimate of drug-likeness (QED) is 0.797. The molecule has 4 heteroatoms. The van der Waals surface area contributed by atoms with Crippen molar-refractivity contribution in [3.05, 3.63) is 18.2 Å². The molecule has 3 nitrogen and oxygen atoms in total. The molecule has 0 aromatic carbocycles. The fraction of sp³-hybridized carbons (Fsp3) is 0.727. The molecule has 0 aliphatic carbocycles. The van der Waals surface area contributed by atoms with Crippen LogP contribution >= 0.6 is 12.6 Å². The topological polar surface area (TPSA) is 27.1 Å². The molecule has 2 heterocycles. The van der Waals surface area contributed by atoms with E-state index in [0.717, 1.165) is 44.2 Å². The first-order chi connectivity index (χ1) is 7.26. The maximum atomic E-state index is 5.42. The van der Waals surface area contributed by atoms with Gasteiger partial charge in [-0.3, -0.25) is 0 Å². The number of rotatable bonds is 3. The monoisotopic (exact) mass is 226 g/mol. The van der Waals surface area contributed by atoms with E-state index in [2.05, 4.69) is 28.4 Å². The first-order valence-corrected chi connectivity index (χ1v) is 6.05. The lowest BCUT2D eigenvalue weighted by molar-refractivity contribution is 0.0179. The van der Waals surface area contributed by atoms with E-state index in [4.69, 9.17) is 4.74 Å². The smallest absolute Gasteiger partial charge is 0.105 e. The van der Waals surface area contributed by atoms with Crippen LogP contribution in [0.15, 0.2) is 12.4 Å². The van der Waals surface area contributed by atoms with Crippen LogP contribution in [0.2, 0.25) is 0 Å². The summed E-state index contributed by atoms with van der Waals surface area (Å²) in [7, 11) is 0. The van der Waals surface area contributed by atoms with Gasteiger partial charge in [0.1, 0.15) is 5.82 Å². The van der Waals surface area contributed by atoms with Crippen LogP contribution in [-0.2, 0) is 11.3 Å². The highest BCUT2D eigenvalue weighted by atomic mass is 32.1. The fourth-order valence-corrected chi connectivity index (χ4v) is 2.52. The van der Waals surface area contributed by atoms with Crippen molar-refractivity contribution in [1.82, 2.24) is 9.55 Å². The largest absolute Gasteiger partial charge is 0.381 e. The van der Waals surface area contributed by atoms with E-state index in [0.29, 0.717) is 5.41 Å². The summed E-state index contributed by atoms with van der Waals surface area (Å²) in [6.45, 7) is 4.81. The molecule has 0 N–H and O–H groups in total. The lowest BCUT2D eigenvalue weighted by Crippen LogP contribution is -2.35. The van der Waals surface area contributed by atoms with Crippen molar-refractivity contribution in [3.8, 4) is 0 Å². The van der Waals surface area contributed by atoms with E-state index >= 15 is 0 Å². The Balaban J connectivity index is 2.10. The average molecular weight is 226 g/mol. The molecule has 1 aliphatic heterocycles. The third kappa shape index (κ3) is 2.37. The molecule has 1 saturated heterocycles. The van der Waals surface area contributed by atoms with Gasteiger partial charge in [0.05, 0.1) is 0 Å². The molecule has 1 aromatic heterocycles. The predicted octanol–water partition coefficient (Wildman–Crippen LogP) is 1.92. The molecule has 1 fully saturated rings. The van der Waals surface area contributed by atoms with E-state index in [1.54, 1.807) is 0 Å². The summed E-state index contributed by atoms with van der Waals surface area (Å²) >= 11 is 4.51. The molecule has 0 unspecified atom stereocenters. The second kappa shape index (κ2) is 4.58. The predicted molar refractivity (Wildman–Crippen MR) is 63.3 cm³/mol. The molecule has 0 amide bonds. The molecule has 15 heavy (non-hydrogen) atoms. The Morgan fingerprint density at radius 1 is 1.53 bits per heavy atom. The third-order valence-corrected chi connectivity index (χ3v) is 3.99. The molecule has 1 aromatic rings. The number of thiol groups is 1. The molecule has 0 bridgehead atoms. The minimum Gasteiger partial charge on any atom is -0.381 e. The van der Waals surface area contributed by atoms with Crippen molar-refractivity contribution >= 4 is 12.6 Å². The van der Waals surface area contributed by atoms with Crippen molar-refractivity contribution in [1.29, 1.82) is 0 Å². The first kappa shape index (κ1) is 11.0. The molecular formula is C11H18N2OS. The van der Waals surface area contributed by atoms with Gasteiger partial charge in [0, 0.05) is 37.6 Å². The van der Waals surface area contributed by atoms with Crippen LogP contribution in [0.4, 0.5) is 0 Å². The highest BCUT2D eigenvalue weighted by Crippen LogP contribution is 2.33. The van der Waals surface area contributed by atoms with Gasteiger partial charge < -0.3 is 9.30 Å². The van der Waals surface area contributed by atoms with E-state index in [9.17, 15) is 0 Å². The van der Waals surface area contributed by atoms with Crippen LogP contribution in [0.3, 0.4) is 0 Å². The zero-order valence-electron chi connectivity index (χ0n) is 9.15. The van der Waals surface area contributed by atoms with Crippen LogP contribution in [-0.4, -0.2) is 28.5 Å². The minimum atomic E-state index is 0.298. The van der Waals surface area contributed by atoms with Crippen molar-refractivity contribution in [3.63, 3.8) is 0 Å². The molecule has 0 radical (unpaired) electrons.